The van der Waals surface area contributed by atoms with Gasteiger partial charge in [0, 0.05) is 30.4 Å². The highest BCUT2D eigenvalue weighted by molar-refractivity contribution is 6.05. The molecule has 30 heavy (non-hydrogen) atoms. The van der Waals surface area contributed by atoms with Crippen molar-refractivity contribution in [1.29, 1.82) is 0 Å². The first-order valence-corrected chi connectivity index (χ1v) is 10.3. The van der Waals surface area contributed by atoms with E-state index in [0.29, 0.717) is 61.2 Å². The van der Waals surface area contributed by atoms with Gasteiger partial charge in [0.25, 0.3) is 5.91 Å². The van der Waals surface area contributed by atoms with Crippen molar-refractivity contribution in [1.82, 2.24) is 0 Å². The number of nitrogens with one attached hydrogen (secondary N) is 1. The van der Waals surface area contributed by atoms with Crippen LogP contribution in [0.3, 0.4) is 0 Å². The van der Waals surface area contributed by atoms with Crippen molar-refractivity contribution in [3.63, 3.8) is 0 Å². The second kappa shape index (κ2) is 9.52. The van der Waals surface area contributed by atoms with Crippen molar-refractivity contribution < 1.29 is 23.8 Å². The van der Waals surface area contributed by atoms with E-state index in [1.165, 1.54) is 0 Å². The molecule has 1 aliphatic heterocycles. The summed E-state index contributed by atoms with van der Waals surface area (Å²) in [4.78, 5) is 26.5. The van der Waals surface area contributed by atoms with E-state index in [9.17, 15) is 9.59 Å². The highest BCUT2D eigenvalue weighted by Crippen LogP contribution is 2.39. The van der Waals surface area contributed by atoms with Gasteiger partial charge in [0.05, 0.1) is 19.8 Å². The molecule has 3 rings (SSSR count). The zero-order valence-corrected chi connectivity index (χ0v) is 17.9. The number of hydrogen-bond donors (Lipinski definition) is 1. The van der Waals surface area contributed by atoms with Gasteiger partial charge in [0.1, 0.15) is 0 Å². The molecule has 0 radical (unpaired) electrons. The number of carbonyl (C=O) groups is 2. The summed E-state index contributed by atoms with van der Waals surface area (Å²) in [5.74, 6) is 1.27. The van der Waals surface area contributed by atoms with Crippen LogP contribution in [0, 0.1) is 0 Å². The van der Waals surface area contributed by atoms with Gasteiger partial charge in [0.15, 0.2) is 11.5 Å². The molecule has 0 aromatic heterocycles. The van der Waals surface area contributed by atoms with E-state index in [4.69, 9.17) is 14.2 Å². The molecule has 1 heterocycles. The summed E-state index contributed by atoms with van der Waals surface area (Å²) in [5.41, 5.74) is 3.00. The standard InChI is InChI=1S/C23H28N2O5/c1-5-28-19-13-16(14-20(29-6-2)22(19)30-7-3)23(27)24-17-9-10-18-15(12-17)8-11-21(26)25(18)4/h9-10,12-14H,5-8,11H2,1-4H3,(H,24,27). The fourth-order valence-electron chi connectivity index (χ4n) is 3.46. The topological polar surface area (TPSA) is 77.1 Å². The maximum atomic E-state index is 13.0. The van der Waals surface area contributed by atoms with Crippen LogP contribution in [0.5, 0.6) is 17.2 Å². The number of ether oxygens (including phenoxy) is 3. The van der Waals surface area contributed by atoms with Crippen LogP contribution in [0.15, 0.2) is 30.3 Å². The Kier molecular flexibility index (Phi) is 6.82. The van der Waals surface area contributed by atoms with Crippen LogP contribution >= 0.6 is 0 Å². The summed E-state index contributed by atoms with van der Waals surface area (Å²) < 4.78 is 17.1. The molecule has 1 N–H and O–H groups in total. The molecule has 160 valence electrons. The van der Waals surface area contributed by atoms with Crippen LogP contribution in [0.4, 0.5) is 11.4 Å². The van der Waals surface area contributed by atoms with Gasteiger partial charge in [-0.25, -0.2) is 0 Å². The number of benzene rings is 2. The molecule has 2 aromatic rings. The second-order valence-corrected chi connectivity index (χ2v) is 6.85. The summed E-state index contributed by atoms with van der Waals surface area (Å²) in [6.07, 6.45) is 1.13. The smallest absolute Gasteiger partial charge is 0.255 e. The Hall–Kier alpha value is -3.22. The third-order valence-electron chi connectivity index (χ3n) is 4.85. The number of fused-ring (bicyclic) bond motifs is 1. The van der Waals surface area contributed by atoms with Crippen molar-refractivity contribution >= 4 is 23.2 Å². The summed E-state index contributed by atoms with van der Waals surface area (Å²) >= 11 is 0. The molecular formula is C23H28N2O5. The van der Waals surface area contributed by atoms with Gasteiger partial charge in [-0.2, -0.15) is 0 Å². The normalized spacial score (nSPS) is 12.9. The zero-order chi connectivity index (χ0) is 21.7. The number of nitrogens with zero attached hydrogens (tertiary/aromatic N) is 1. The van der Waals surface area contributed by atoms with Crippen molar-refractivity contribution in [2.45, 2.75) is 33.6 Å². The molecule has 0 aliphatic carbocycles. The number of amides is 2. The van der Waals surface area contributed by atoms with Gasteiger partial charge < -0.3 is 24.4 Å². The van der Waals surface area contributed by atoms with Gasteiger partial charge in [-0.1, -0.05) is 0 Å². The molecule has 2 aromatic carbocycles. The first-order chi connectivity index (χ1) is 14.5. The maximum Gasteiger partial charge on any atom is 0.255 e. The molecular weight excluding hydrogens is 384 g/mol. The average molecular weight is 412 g/mol. The minimum atomic E-state index is -0.278. The molecule has 1 aliphatic rings. The Labute approximate surface area is 176 Å². The number of anilines is 2. The van der Waals surface area contributed by atoms with Crippen LogP contribution in [0.1, 0.15) is 43.1 Å². The van der Waals surface area contributed by atoms with Gasteiger partial charge in [-0.05, 0) is 63.1 Å². The maximum absolute atomic E-state index is 13.0. The predicted octanol–water partition coefficient (Wildman–Crippen LogP) is 4.04. The lowest BCUT2D eigenvalue weighted by Gasteiger charge is -2.26. The molecule has 7 heteroatoms. The summed E-state index contributed by atoms with van der Waals surface area (Å²) in [6.45, 7) is 6.96. The highest BCUT2D eigenvalue weighted by Gasteiger charge is 2.22. The van der Waals surface area contributed by atoms with Crippen LogP contribution in [-0.4, -0.2) is 38.7 Å². The lowest BCUT2D eigenvalue weighted by atomic mass is 10.0. The highest BCUT2D eigenvalue weighted by atomic mass is 16.5. The molecule has 0 spiro atoms. The van der Waals surface area contributed by atoms with Crippen LogP contribution in [0.25, 0.3) is 0 Å². The quantitative estimate of drug-likeness (QED) is 0.708. The molecule has 0 atom stereocenters. The first kappa shape index (κ1) is 21.5. The molecule has 0 saturated carbocycles. The number of aryl methyl sites for hydroxylation is 1. The summed E-state index contributed by atoms with van der Waals surface area (Å²) in [6, 6.07) is 8.90. The van der Waals surface area contributed by atoms with E-state index in [1.807, 2.05) is 32.9 Å². The second-order valence-electron chi connectivity index (χ2n) is 6.85. The third kappa shape index (κ3) is 4.50. The van der Waals surface area contributed by atoms with Gasteiger partial charge in [0.2, 0.25) is 11.7 Å². The fourth-order valence-corrected chi connectivity index (χ4v) is 3.46. The van der Waals surface area contributed by atoms with Gasteiger partial charge in [-0.3, -0.25) is 9.59 Å². The lowest BCUT2D eigenvalue weighted by Crippen LogP contribution is -2.31. The van der Waals surface area contributed by atoms with E-state index in [1.54, 1.807) is 30.1 Å². The Morgan fingerprint density at radius 2 is 1.60 bits per heavy atom. The summed E-state index contributed by atoms with van der Waals surface area (Å²) in [5, 5.41) is 2.93. The molecule has 0 fully saturated rings. The first-order valence-electron chi connectivity index (χ1n) is 10.3. The van der Waals surface area contributed by atoms with Gasteiger partial charge >= 0.3 is 0 Å². The largest absolute Gasteiger partial charge is 0.490 e. The van der Waals surface area contributed by atoms with Crippen molar-refractivity contribution in [2.24, 2.45) is 0 Å². The van der Waals surface area contributed by atoms with Crippen LogP contribution in [0.2, 0.25) is 0 Å². The Bertz CT molecular complexity index is 914. The molecule has 0 bridgehead atoms. The molecule has 2 amide bonds. The zero-order valence-electron chi connectivity index (χ0n) is 17.9. The predicted molar refractivity (Wildman–Crippen MR) is 116 cm³/mol. The SMILES string of the molecule is CCOc1cc(C(=O)Nc2ccc3c(c2)CCC(=O)N3C)cc(OCC)c1OCC. The van der Waals surface area contributed by atoms with Crippen molar-refractivity contribution in [2.75, 3.05) is 37.1 Å². The monoisotopic (exact) mass is 412 g/mol. The van der Waals surface area contributed by atoms with E-state index in [0.717, 1.165) is 11.3 Å². The fraction of sp³-hybridized carbons (Fsp3) is 0.391. The summed E-state index contributed by atoms with van der Waals surface area (Å²) in [7, 11) is 1.77. The molecule has 7 nitrogen and oxygen atoms in total. The Morgan fingerprint density at radius 3 is 2.20 bits per heavy atom. The van der Waals surface area contributed by atoms with Crippen LogP contribution in [-0.2, 0) is 11.2 Å². The number of carbonyl (C=O) groups excluding carboxylic acids is 2. The van der Waals surface area contributed by atoms with E-state index < -0.39 is 0 Å². The van der Waals surface area contributed by atoms with Crippen molar-refractivity contribution in [3.8, 4) is 17.2 Å². The van der Waals surface area contributed by atoms with Crippen LogP contribution < -0.4 is 24.4 Å². The van der Waals surface area contributed by atoms with Gasteiger partial charge in [-0.15, -0.1) is 0 Å². The van der Waals surface area contributed by atoms with Crippen molar-refractivity contribution in [3.05, 3.63) is 41.5 Å². The third-order valence-corrected chi connectivity index (χ3v) is 4.85. The van der Waals surface area contributed by atoms with E-state index >= 15 is 0 Å². The molecule has 0 unspecified atom stereocenters. The lowest BCUT2D eigenvalue weighted by molar-refractivity contribution is -0.118. The van der Waals surface area contributed by atoms with E-state index in [2.05, 4.69) is 5.32 Å². The Morgan fingerprint density at radius 1 is 0.967 bits per heavy atom. The molecule has 0 saturated heterocycles. The minimum absolute atomic E-state index is 0.0978. The van der Waals surface area contributed by atoms with E-state index in [-0.39, 0.29) is 11.8 Å². The Balaban J connectivity index is 1.88. The minimum Gasteiger partial charge on any atom is -0.490 e. The number of hydrogen-bond acceptors (Lipinski definition) is 5. The number of rotatable bonds is 8. The average Bonchev–Trinajstić information content (AvgIpc) is 2.73.